The van der Waals surface area contributed by atoms with Crippen molar-refractivity contribution < 1.29 is 33.0 Å². The van der Waals surface area contributed by atoms with Crippen LogP contribution in [0.25, 0.3) is 10.8 Å². The van der Waals surface area contributed by atoms with E-state index in [0.717, 1.165) is 90.3 Å². The molecule has 0 aliphatic carbocycles. The molecular weight excluding hydrogens is 868 g/mol. The summed E-state index contributed by atoms with van der Waals surface area (Å²) in [6, 6.07) is 19.9. The van der Waals surface area contributed by atoms with Crippen LogP contribution >= 0.6 is 0 Å². The Hall–Kier alpha value is -5.42. The lowest BCUT2D eigenvalue weighted by Crippen LogP contribution is -2.53. The van der Waals surface area contributed by atoms with Gasteiger partial charge in [0, 0.05) is 96.3 Å². The van der Waals surface area contributed by atoms with Gasteiger partial charge in [0.2, 0.25) is 5.91 Å². The molecule has 1 N–H and O–H groups in total. The van der Waals surface area contributed by atoms with Crippen LogP contribution in [0.15, 0.2) is 71.5 Å². The van der Waals surface area contributed by atoms with Gasteiger partial charge in [-0.25, -0.2) is 14.3 Å². The Balaban J connectivity index is 0.673. The SMILES string of the molecule is CC(C)(C)OC(=O)N1CCCC(c2cccc(OCCOCCN3CCN(CC4CCN(CC(=O)N5CCN(C(=O)c6cc(Cc7n[nH]c(=O)c8ccccc78)ccc6F)CC5)CC4)CC3)c2)C1. The summed E-state index contributed by atoms with van der Waals surface area (Å²) in [6.07, 6.45) is 4.20. The molecule has 4 saturated heterocycles. The molecule has 4 aliphatic heterocycles. The van der Waals surface area contributed by atoms with E-state index < -0.39 is 17.3 Å². The van der Waals surface area contributed by atoms with Crippen LogP contribution in [-0.4, -0.2) is 181 Å². The number of nitrogens with one attached hydrogen (secondary N) is 1. The van der Waals surface area contributed by atoms with E-state index in [-0.39, 0.29) is 29.0 Å². The molecule has 15 nitrogen and oxygen atoms in total. The van der Waals surface area contributed by atoms with E-state index in [1.54, 1.807) is 29.2 Å². The van der Waals surface area contributed by atoms with Crippen molar-refractivity contribution in [3.8, 4) is 5.75 Å². The zero-order valence-electron chi connectivity index (χ0n) is 40.1. The van der Waals surface area contributed by atoms with Crippen LogP contribution in [0.1, 0.15) is 79.6 Å². The third-order valence-electron chi connectivity index (χ3n) is 13.8. The predicted octanol–water partition coefficient (Wildman–Crippen LogP) is 5.48. The molecule has 3 aromatic carbocycles. The second-order valence-corrected chi connectivity index (χ2v) is 19.9. The van der Waals surface area contributed by atoms with E-state index in [0.29, 0.717) is 93.5 Å². The van der Waals surface area contributed by atoms with Crippen molar-refractivity contribution in [1.29, 1.82) is 0 Å². The van der Waals surface area contributed by atoms with Crippen LogP contribution in [0.3, 0.4) is 0 Å². The monoisotopic (exact) mass is 937 g/mol. The number of piperidine rings is 2. The maximum atomic E-state index is 15.1. The van der Waals surface area contributed by atoms with Gasteiger partial charge in [0.1, 0.15) is 23.8 Å². The molecule has 0 spiro atoms. The number of carbonyl (C=O) groups is 3. The molecule has 1 aromatic heterocycles. The topological polar surface area (TPSA) is 144 Å². The molecule has 8 rings (SSSR count). The van der Waals surface area contributed by atoms with E-state index in [1.807, 2.05) is 54.8 Å². The maximum Gasteiger partial charge on any atom is 0.410 e. The Morgan fingerprint density at radius 2 is 1.49 bits per heavy atom. The average molecular weight is 937 g/mol. The number of carbonyl (C=O) groups excluding carboxylic acids is 3. The van der Waals surface area contributed by atoms with Gasteiger partial charge in [0.15, 0.2) is 0 Å². The van der Waals surface area contributed by atoms with Gasteiger partial charge in [-0.3, -0.25) is 24.2 Å². The van der Waals surface area contributed by atoms with Gasteiger partial charge in [0.25, 0.3) is 11.5 Å². The molecule has 366 valence electrons. The molecule has 4 aromatic rings. The van der Waals surface area contributed by atoms with Gasteiger partial charge in [-0.1, -0.05) is 36.4 Å². The van der Waals surface area contributed by atoms with Crippen LogP contribution in [-0.2, 0) is 20.7 Å². The zero-order chi connectivity index (χ0) is 47.6. The first-order chi connectivity index (χ1) is 32.8. The lowest BCUT2D eigenvalue weighted by molar-refractivity contribution is -0.134. The van der Waals surface area contributed by atoms with E-state index >= 15 is 4.39 Å². The number of aromatic amines is 1. The van der Waals surface area contributed by atoms with Gasteiger partial charge in [-0.05, 0) is 107 Å². The number of hydrogen-bond donors (Lipinski definition) is 1. The van der Waals surface area contributed by atoms with Crippen LogP contribution < -0.4 is 10.3 Å². The Bertz CT molecular complexity index is 2400. The number of amides is 3. The number of H-pyrrole nitrogens is 1. The van der Waals surface area contributed by atoms with Gasteiger partial charge >= 0.3 is 6.09 Å². The Morgan fingerprint density at radius 1 is 0.750 bits per heavy atom. The molecule has 4 aliphatic rings. The van der Waals surface area contributed by atoms with Crippen LogP contribution in [0, 0.1) is 11.7 Å². The lowest BCUT2D eigenvalue weighted by Gasteiger charge is -2.39. The summed E-state index contributed by atoms with van der Waals surface area (Å²) in [7, 11) is 0. The second kappa shape index (κ2) is 22.8. The molecule has 3 amide bonds. The molecule has 0 saturated carbocycles. The summed E-state index contributed by atoms with van der Waals surface area (Å²) in [6.45, 7) is 18.6. The summed E-state index contributed by atoms with van der Waals surface area (Å²) >= 11 is 0. The number of ether oxygens (including phenoxy) is 3. The second-order valence-electron chi connectivity index (χ2n) is 19.9. The predicted molar refractivity (Wildman–Crippen MR) is 259 cm³/mol. The van der Waals surface area contributed by atoms with Crippen LogP contribution in [0.5, 0.6) is 5.75 Å². The molecule has 1 unspecified atom stereocenters. The molecular formula is C52H69FN8O7. The van der Waals surface area contributed by atoms with E-state index in [2.05, 4.69) is 37.0 Å². The first kappa shape index (κ1) is 49.0. The number of fused-ring (bicyclic) bond motifs is 1. The van der Waals surface area contributed by atoms with Crippen molar-refractivity contribution in [3.05, 3.63) is 105 Å². The molecule has 0 bridgehead atoms. The number of piperazine rings is 2. The Labute approximate surface area is 399 Å². The van der Waals surface area contributed by atoms with Gasteiger partial charge < -0.3 is 33.8 Å². The minimum absolute atomic E-state index is 0.00476. The summed E-state index contributed by atoms with van der Waals surface area (Å²) < 4.78 is 32.7. The smallest absolute Gasteiger partial charge is 0.410 e. The summed E-state index contributed by atoms with van der Waals surface area (Å²) in [4.78, 5) is 64.4. The fraction of sp³-hybridized carbons (Fsp3) is 0.558. The van der Waals surface area contributed by atoms with E-state index in [9.17, 15) is 19.2 Å². The number of nitrogens with zero attached hydrogens (tertiary/aromatic N) is 7. The van der Waals surface area contributed by atoms with E-state index in [4.69, 9.17) is 14.2 Å². The highest BCUT2D eigenvalue weighted by molar-refractivity contribution is 5.95. The number of aromatic nitrogens is 2. The normalized spacial score (nSPS) is 19.4. The molecule has 5 heterocycles. The fourth-order valence-corrected chi connectivity index (χ4v) is 9.97. The molecule has 68 heavy (non-hydrogen) atoms. The molecule has 4 fully saturated rings. The third-order valence-corrected chi connectivity index (χ3v) is 13.8. The van der Waals surface area contributed by atoms with Crippen LogP contribution in [0.4, 0.5) is 9.18 Å². The number of benzene rings is 3. The van der Waals surface area contributed by atoms with Gasteiger partial charge in [0.05, 0.1) is 36.4 Å². The zero-order valence-corrected chi connectivity index (χ0v) is 40.1. The minimum atomic E-state index is -0.590. The molecule has 16 heteroatoms. The maximum absolute atomic E-state index is 15.1. The first-order valence-corrected chi connectivity index (χ1v) is 24.6. The minimum Gasteiger partial charge on any atom is -0.491 e. The quantitative estimate of drug-likeness (QED) is 0.152. The summed E-state index contributed by atoms with van der Waals surface area (Å²) in [5, 5.41) is 8.02. The highest BCUT2D eigenvalue weighted by Crippen LogP contribution is 2.30. The van der Waals surface area contributed by atoms with Crippen molar-refractivity contribution in [2.45, 2.75) is 64.4 Å². The average Bonchev–Trinajstić information content (AvgIpc) is 3.34. The van der Waals surface area contributed by atoms with Crippen LogP contribution in [0.2, 0.25) is 0 Å². The van der Waals surface area contributed by atoms with Crippen molar-refractivity contribution in [2.75, 3.05) is 118 Å². The number of likely N-dealkylation sites (tertiary alicyclic amines) is 2. The van der Waals surface area contributed by atoms with E-state index in [1.165, 1.54) is 11.6 Å². The highest BCUT2D eigenvalue weighted by atomic mass is 19.1. The first-order valence-electron chi connectivity index (χ1n) is 24.6. The van der Waals surface area contributed by atoms with Crippen molar-refractivity contribution in [1.82, 2.24) is 39.6 Å². The number of halogens is 1. The number of rotatable bonds is 15. The van der Waals surface area contributed by atoms with Crippen molar-refractivity contribution >= 4 is 28.7 Å². The summed E-state index contributed by atoms with van der Waals surface area (Å²) in [5.41, 5.74) is 1.75. The molecule has 1 atom stereocenters. The van der Waals surface area contributed by atoms with Gasteiger partial charge in [-0.15, -0.1) is 0 Å². The molecule has 0 radical (unpaired) electrons. The largest absolute Gasteiger partial charge is 0.491 e. The third kappa shape index (κ3) is 13.2. The lowest BCUT2D eigenvalue weighted by atomic mass is 9.91. The summed E-state index contributed by atoms with van der Waals surface area (Å²) in [5.74, 6) is 0.793. The Morgan fingerprint density at radius 3 is 2.25 bits per heavy atom. The number of hydrogen-bond acceptors (Lipinski definition) is 11. The Kier molecular flexibility index (Phi) is 16.4. The van der Waals surface area contributed by atoms with Crippen molar-refractivity contribution in [3.63, 3.8) is 0 Å². The fourth-order valence-electron chi connectivity index (χ4n) is 9.97. The standard InChI is InChI=1S/C52H69FN8O7/c1-52(2,3)68-51(65)61-17-7-9-41(36-61)40-8-6-10-42(34-40)67-31-30-66-29-28-56-20-22-58(23-21-56)35-38-15-18-57(19-16-38)37-48(62)59-24-26-60(27-25-59)50(64)45-32-39(13-14-46(45)53)33-47-43-11-4-5-12-44(43)49(63)55-54-47/h4-6,8,10-14,32,34,38,41H,7,9,15-31,33,35-37H2,1-3H3,(H,55,63). The van der Waals surface area contributed by atoms with Crippen molar-refractivity contribution in [2.24, 2.45) is 5.92 Å². The van der Waals surface area contributed by atoms with Gasteiger partial charge in [-0.2, -0.15) is 5.10 Å². The highest BCUT2D eigenvalue weighted by Gasteiger charge is 2.31.